The molecule has 0 bridgehead atoms. The minimum atomic E-state index is -0.811. The maximum Gasteiger partial charge on any atom is 0.243 e. The quantitative estimate of drug-likeness (QED) is 0.270. The van der Waals surface area contributed by atoms with Crippen molar-refractivity contribution >= 4 is 23.6 Å². The Kier molecular flexibility index (Phi) is 14.5. The second-order valence-electron chi connectivity index (χ2n) is 9.97. The van der Waals surface area contributed by atoms with Gasteiger partial charge in [0.25, 0.3) is 0 Å². The molecular formula is C25H47N5O4. The van der Waals surface area contributed by atoms with Crippen molar-refractivity contribution in [2.75, 3.05) is 13.1 Å². The summed E-state index contributed by atoms with van der Waals surface area (Å²) in [6, 6.07) is -1.92. The Hall–Kier alpha value is -2.16. The Morgan fingerprint density at radius 2 is 1.56 bits per heavy atom. The topological polar surface area (TPSA) is 142 Å². The van der Waals surface area contributed by atoms with E-state index in [2.05, 4.69) is 35.1 Å². The van der Waals surface area contributed by atoms with E-state index in [1.54, 1.807) is 0 Å². The Morgan fingerprint density at radius 3 is 2.21 bits per heavy atom. The molecule has 1 rings (SSSR count). The van der Waals surface area contributed by atoms with E-state index in [1.807, 2.05) is 13.8 Å². The Labute approximate surface area is 205 Å². The Balaban J connectivity index is 2.85. The van der Waals surface area contributed by atoms with E-state index in [4.69, 9.17) is 5.73 Å². The lowest BCUT2D eigenvalue weighted by Crippen LogP contribution is -2.56. The third kappa shape index (κ3) is 11.8. The molecular weight excluding hydrogens is 434 g/mol. The highest BCUT2D eigenvalue weighted by atomic mass is 16.2. The Bertz CT molecular complexity index is 655. The summed E-state index contributed by atoms with van der Waals surface area (Å²) in [5.74, 6) is -0.873. The van der Waals surface area contributed by atoms with Crippen molar-refractivity contribution in [1.29, 1.82) is 0 Å². The van der Waals surface area contributed by atoms with Crippen LogP contribution in [0.15, 0.2) is 0 Å². The summed E-state index contributed by atoms with van der Waals surface area (Å²) < 4.78 is 0. The van der Waals surface area contributed by atoms with Crippen LogP contribution < -0.4 is 27.0 Å². The molecule has 0 aromatic rings. The van der Waals surface area contributed by atoms with Crippen LogP contribution in [0.1, 0.15) is 91.9 Å². The first-order chi connectivity index (χ1) is 16.2. The molecule has 1 fully saturated rings. The lowest BCUT2D eigenvalue weighted by molar-refractivity contribution is -0.133. The van der Waals surface area contributed by atoms with Crippen molar-refractivity contribution in [1.82, 2.24) is 21.3 Å². The molecule has 0 aliphatic carbocycles. The predicted molar refractivity (Wildman–Crippen MR) is 134 cm³/mol. The second kappa shape index (κ2) is 16.5. The molecule has 1 heterocycles. The van der Waals surface area contributed by atoms with Gasteiger partial charge in [-0.3, -0.25) is 19.2 Å². The lowest BCUT2D eigenvalue weighted by atomic mass is 9.98. The molecule has 0 saturated carbocycles. The number of nitrogens with two attached hydrogens (primary N) is 1. The standard InChI is InChI=1S/C25H47N5O4/c1-5-18(4)11-8-6-7-9-12-19-15-21(31)27-16-22(32)29-20(13-10-14-26)24(33)30-23(17(2)3)25(34)28-19/h17-20,23H,5-16,26H2,1-4H3,(H,27,31)(H,28,34)(H,29,32)(H,30,33). The van der Waals surface area contributed by atoms with Gasteiger partial charge in [0, 0.05) is 12.5 Å². The fourth-order valence-electron chi connectivity index (χ4n) is 4.06. The number of carbonyl (C=O) groups excluding carboxylic acids is 4. The SMILES string of the molecule is CCC(C)CCCCCCC1CC(=O)NCC(=O)NC(CCCN)C(=O)NC(C(C)C)C(=O)N1. The van der Waals surface area contributed by atoms with Crippen molar-refractivity contribution in [2.45, 2.75) is 110 Å². The molecule has 1 aliphatic heterocycles. The van der Waals surface area contributed by atoms with Gasteiger partial charge in [0.15, 0.2) is 0 Å². The lowest BCUT2D eigenvalue weighted by Gasteiger charge is -2.27. The monoisotopic (exact) mass is 481 g/mol. The largest absolute Gasteiger partial charge is 0.351 e. The third-order valence-corrected chi connectivity index (χ3v) is 6.52. The maximum atomic E-state index is 13.1. The van der Waals surface area contributed by atoms with Gasteiger partial charge in [0.2, 0.25) is 23.6 Å². The first kappa shape index (κ1) is 29.9. The summed E-state index contributed by atoms with van der Waals surface area (Å²) in [5.41, 5.74) is 5.57. The minimum Gasteiger partial charge on any atom is -0.351 e. The van der Waals surface area contributed by atoms with Crippen molar-refractivity contribution in [2.24, 2.45) is 17.6 Å². The molecule has 9 nitrogen and oxygen atoms in total. The Morgan fingerprint density at radius 1 is 0.853 bits per heavy atom. The summed E-state index contributed by atoms with van der Waals surface area (Å²) in [5, 5.41) is 11.1. The van der Waals surface area contributed by atoms with E-state index in [-0.39, 0.29) is 36.7 Å². The fraction of sp³-hybridized carbons (Fsp3) is 0.840. The van der Waals surface area contributed by atoms with Crippen LogP contribution in [0.2, 0.25) is 0 Å². The van der Waals surface area contributed by atoms with Crippen LogP contribution in [-0.4, -0.2) is 54.8 Å². The minimum absolute atomic E-state index is 0.0985. The van der Waals surface area contributed by atoms with Crippen LogP contribution in [0.25, 0.3) is 0 Å². The van der Waals surface area contributed by atoms with E-state index >= 15 is 0 Å². The summed E-state index contributed by atoms with van der Waals surface area (Å²) in [6.07, 6.45) is 8.36. The highest BCUT2D eigenvalue weighted by molar-refractivity contribution is 5.94. The molecule has 0 aromatic heterocycles. The van der Waals surface area contributed by atoms with E-state index in [0.717, 1.165) is 25.2 Å². The molecule has 0 spiro atoms. The van der Waals surface area contributed by atoms with Gasteiger partial charge < -0.3 is 27.0 Å². The number of hydrogen-bond donors (Lipinski definition) is 5. The van der Waals surface area contributed by atoms with Gasteiger partial charge in [0.05, 0.1) is 6.54 Å². The molecule has 1 saturated heterocycles. The summed E-state index contributed by atoms with van der Waals surface area (Å²) in [7, 11) is 0. The van der Waals surface area contributed by atoms with Crippen LogP contribution in [0.3, 0.4) is 0 Å². The highest BCUT2D eigenvalue weighted by Gasteiger charge is 2.30. The summed E-state index contributed by atoms with van der Waals surface area (Å²) in [6.45, 7) is 8.36. The number of nitrogens with one attached hydrogen (secondary N) is 4. The molecule has 6 N–H and O–H groups in total. The van der Waals surface area contributed by atoms with Crippen LogP contribution in [0, 0.1) is 11.8 Å². The molecule has 0 radical (unpaired) electrons. The van der Waals surface area contributed by atoms with E-state index < -0.39 is 23.9 Å². The van der Waals surface area contributed by atoms with Gasteiger partial charge in [-0.05, 0) is 37.6 Å². The number of hydrogen-bond acceptors (Lipinski definition) is 5. The zero-order chi connectivity index (χ0) is 25.5. The first-order valence-corrected chi connectivity index (χ1v) is 13.0. The average Bonchev–Trinajstić information content (AvgIpc) is 2.80. The molecule has 0 aromatic carbocycles. The van der Waals surface area contributed by atoms with Crippen LogP contribution in [0.5, 0.6) is 0 Å². The molecule has 34 heavy (non-hydrogen) atoms. The van der Waals surface area contributed by atoms with Crippen molar-refractivity contribution in [3.8, 4) is 0 Å². The van der Waals surface area contributed by atoms with Crippen molar-refractivity contribution < 1.29 is 19.2 Å². The fourth-order valence-corrected chi connectivity index (χ4v) is 4.06. The van der Waals surface area contributed by atoms with Crippen molar-refractivity contribution in [3.63, 3.8) is 0 Å². The molecule has 196 valence electrons. The zero-order valence-electron chi connectivity index (χ0n) is 21.6. The molecule has 1 aliphatic rings. The van der Waals surface area contributed by atoms with Gasteiger partial charge in [-0.2, -0.15) is 0 Å². The number of unbranched alkanes of at least 4 members (excludes halogenated alkanes) is 3. The number of amides is 4. The number of rotatable bonds is 12. The van der Waals surface area contributed by atoms with Gasteiger partial charge in [-0.1, -0.05) is 66.2 Å². The molecule has 4 unspecified atom stereocenters. The van der Waals surface area contributed by atoms with Crippen LogP contribution in [0.4, 0.5) is 0 Å². The first-order valence-electron chi connectivity index (χ1n) is 13.0. The van der Waals surface area contributed by atoms with Crippen LogP contribution >= 0.6 is 0 Å². The highest BCUT2D eigenvalue weighted by Crippen LogP contribution is 2.15. The van der Waals surface area contributed by atoms with E-state index in [1.165, 1.54) is 19.3 Å². The van der Waals surface area contributed by atoms with Gasteiger partial charge in [-0.25, -0.2) is 0 Å². The molecule has 4 atom stereocenters. The summed E-state index contributed by atoms with van der Waals surface area (Å²) >= 11 is 0. The second-order valence-corrected chi connectivity index (χ2v) is 9.97. The number of carbonyl (C=O) groups is 4. The average molecular weight is 482 g/mol. The molecule has 4 amide bonds. The van der Waals surface area contributed by atoms with E-state index in [0.29, 0.717) is 25.8 Å². The zero-order valence-corrected chi connectivity index (χ0v) is 21.6. The van der Waals surface area contributed by atoms with E-state index in [9.17, 15) is 19.2 Å². The van der Waals surface area contributed by atoms with Crippen molar-refractivity contribution in [3.05, 3.63) is 0 Å². The van der Waals surface area contributed by atoms with Gasteiger partial charge in [-0.15, -0.1) is 0 Å². The smallest absolute Gasteiger partial charge is 0.243 e. The third-order valence-electron chi connectivity index (χ3n) is 6.52. The predicted octanol–water partition coefficient (Wildman–Crippen LogP) is 1.74. The summed E-state index contributed by atoms with van der Waals surface area (Å²) in [4.78, 5) is 50.8. The maximum absolute atomic E-state index is 13.1. The molecule has 9 heteroatoms. The van der Waals surface area contributed by atoms with Crippen LogP contribution in [-0.2, 0) is 19.2 Å². The van der Waals surface area contributed by atoms with Gasteiger partial charge in [0.1, 0.15) is 12.1 Å². The van der Waals surface area contributed by atoms with Gasteiger partial charge >= 0.3 is 0 Å². The normalized spacial score (nSPS) is 23.6.